The fraction of sp³-hybridized carbons (Fsp3) is 0.308. The summed E-state index contributed by atoms with van der Waals surface area (Å²) in [5, 5.41) is 3.14. The van der Waals surface area contributed by atoms with Crippen LogP contribution in [-0.2, 0) is 6.54 Å². The van der Waals surface area contributed by atoms with Crippen LogP contribution in [-0.4, -0.2) is 49.5 Å². The lowest BCUT2D eigenvalue weighted by Gasteiger charge is -2.22. The Morgan fingerprint density at radius 2 is 1.97 bits per heavy atom. The fourth-order valence-electron chi connectivity index (χ4n) is 4.03. The molecule has 0 radical (unpaired) electrons. The zero-order valence-corrected chi connectivity index (χ0v) is 19.0. The molecule has 3 aromatic rings. The third-order valence-electron chi connectivity index (χ3n) is 5.92. The highest BCUT2D eigenvalue weighted by Crippen LogP contribution is 2.28. The van der Waals surface area contributed by atoms with E-state index < -0.39 is 0 Å². The maximum Gasteiger partial charge on any atom is 0.257 e. The van der Waals surface area contributed by atoms with E-state index in [4.69, 9.17) is 4.74 Å². The Balaban J connectivity index is 1.50. The van der Waals surface area contributed by atoms with Crippen LogP contribution in [0, 0.1) is 5.82 Å². The summed E-state index contributed by atoms with van der Waals surface area (Å²) in [6.45, 7) is 2.13. The van der Waals surface area contributed by atoms with Crippen molar-refractivity contribution in [3.8, 4) is 5.75 Å². The standard InChI is InChI=1S/C26H29FN4O2/c1-28-12-11-25(19-6-4-3-5-7-19)33-21-9-8-20(23(27)16-21)18-31-15-14-30(2)24-10-13-29-17-22(24)26(31)32/h3-10,13,16-17,25,28H,11-12,14-15,18H2,1-2H3. The average molecular weight is 449 g/mol. The fourth-order valence-corrected chi connectivity index (χ4v) is 4.03. The van der Waals surface area contributed by atoms with Crippen molar-refractivity contribution < 1.29 is 13.9 Å². The first-order valence-corrected chi connectivity index (χ1v) is 11.2. The number of amides is 1. The number of benzene rings is 2. The number of ether oxygens (including phenoxy) is 1. The molecule has 0 saturated carbocycles. The van der Waals surface area contributed by atoms with Gasteiger partial charge in [0.1, 0.15) is 17.7 Å². The van der Waals surface area contributed by atoms with Crippen LogP contribution in [0.3, 0.4) is 0 Å². The van der Waals surface area contributed by atoms with Gasteiger partial charge in [-0.1, -0.05) is 36.4 Å². The van der Waals surface area contributed by atoms with Crippen LogP contribution in [0.2, 0.25) is 0 Å². The second-order valence-corrected chi connectivity index (χ2v) is 8.20. The van der Waals surface area contributed by atoms with E-state index in [2.05, 4.69) is 10.3 Å². The van der Waals surface area contributed by atoms with Gasteiger partial charge in [-0.2, -0.15) is 0 Å². The van der Waals surface area contributed by atoms with Crippen molar-refractivity contribution >= 4 is 11.6 Å². The number of nitrogens with zero attached hydrogens (tertiary/aromatic N) is 3. The topological polar surface area (TPSA) is 57.7 Å². The molecule has 6 nitrogen and oxygen atoms in total. The van der Waals surface area contributed by atoms with E-state index in [0.29, 0.717) is 30.0 Å². The zero-order valence-electron chi connectivity index (χ0n) is 19.0. The van der Waals surface area contributed by atoms with E-state index in [-0.39, 0.29) is 24.4 Å². The van der Waals surface area contributed by atoms with Gasteiger partial charge in [-0.3, -0.25) is 9.78 Å². The van der Waals surface area contributed by atoms with Gasteiger partial charge in [0.15, 0.2) is 0 Å². The van der Waals surface area contributed by atoms with E-state index in [0.717, 1.165) is 24.2 Å². The van der Waals surface area contributed by atoms with Crippen molar-refractivity contribution in [2.24, 2.45) is 0 Å². The van der Waals surface area contributed by atoms with Crippen LogP contribution in [0.25, 0.3) is 0 Å². The SMILES string of the molecule is CNCCC(Oc1ccc(CN2CCN(C)c3ccncc3C2=O)c(F)c1)c1ccccc1. The number of fused-ring (bicyclic) bond motifs is 1. The number of halogens is 1. The summed E-state index contributed by atoms with van der Waals surface area (Å²) in [4.78, 5) is 20.9. The monoisotopic (exact) mass is 448 g/mol. The molecule has 33 heavy (non-hydrogen) atoms. The number of hydrogen-bond acceptors (Lipinski definition) is 5. The molecule has 0 saturated heterocycles. The van der Waals surface area contributed by atoms with Crippen LogP contribution in [0.4, 0.5) is 10.1 Å². The molecule has 1 atom stereocenters. The lowest BCUT2D eigenvalue weighted by Crippen LogP contribution is -2.33. The Morgan fingerprint density at radius 3 is 2.73 bits per heavy atom. The van der Waals surface area contributed by atoms with Gasteiger partial charge in [0.25, 0.3) is 5.91 Å². The minimum Gasteiger partial charge on any atom is -0.486 e. The zero-order chi connectivity index (χ0) is 23.2. The van der Waals surface area contributed by atoms with E-state index in [1.165, 1.54) is 6.07 Å². The first-order chi connectivity index (χ1) is 16.1. The molecule has 1 aliphatic rings. The third-order valence-corrected chi connectivity index (χ3v) is 5.92. The predicted molar refractivity (Wildman–Crippen MR) is 127 cm³/mol. The number of likely N-dealkylation sites (N-methyl/N-ethyl adjacent to an activating group) is 1. The van der Waals surface area contributed by atoms with Crippen LogP contribution in [0.1, 0.15) is 34.0 Å². The van der Waals surface area contributed by atoms with Crippen molar-refractivity contribution in [3.05, 3.63) is 89.5 Å². The molecule has 2 heterocycles. The lowest BCUT2D eigenvalue weighted by molar-refractivity contribution is 0.0753. The highest BCUT2D eigenvalue weighted by atomic mass is 19.1. The molecule has 0 spiro atoms. The number of hydrogen-bond donors (Lipinski definition) is 1. The van der Waals surface area contributed by atoms with E-state index >= 15 is 4.39 Å². The van der Waals surface area contributed by atoms with Crippen LogP contribution >= 0.6 is 0 Å². The second-order valence-electron chi connectivity index (χ2n) is 8.20. The average Bonchev–Trinajstić information content (AvgIpc) is 2.96. The highest BCUT2D eigenvalue weighted by Gasteiger charge is 2.26. The van der Waals surface area contributed by atoms with Crippen LogP contribution in [0.15, 0.2) is 67.0 Å². The lowest BCUT2D eigenvalue weighted by atomic mass is 10.1. The molecular weight excluding hydrogens is 419 g/mol. The molecule has 172 valence electrons. The first-order valence-electron chi connectivity index (χ1n) is 11.2. The Hall–Kier alpha value is -3.45. The van der Waals surface area contributed by atoms with Gasteiger partial charge in [0, 0.05) is 57.1 Å². The largest absolute Gasteiger partial charge is 0.486 e. The third kappa shape index (κ3) is 5.31. The normalized spacial score (nSPS) is 14.6. The number of anilines is 1. The van der Waals surface area contributed by atoms with Crippen molar-refractivity contribution in [1.82, 2.24) is 15.2 Å². The van der Waals surface area contributed by atoms with Crippen LogP contribution < -0.4 is 15.0 Å². The van der Waals surface area contributed by atoms with Crippen molar-refractivity contribution in [2.75, 3.05) is 38.6 Å². The Bertz CT molecular complexity index is 1090. The van der Waals surface area contributed by atoms with Gasteiger partial charge in [0.05, 0.1) is 11.3 Å². The Kier molecular flexibility index (Phi) is 7.19. The van der Waals surface area contributed by atoms with Crippen molar-refractivity contribution in [1.29, 1.82) is 0 Å². The molecule has 4 rings (SSSR count). The quantitative estimate of drug-likeness (QED) is 0.564. The van der Waals surface area contributed by atoms with E-state index in [1.54, 1.807) is 29.4 Å². The molecule has 1 amide bonds. The van der Waals surface area contributed by atoms with Gasteiger partial charge in [-0.05, 0) is 31.3 Å². The number of pyridine rings is 1. The van der Waals surface area contributed by atoms with Gasteiger partial charge < -0.3 is 19.9 Å². The maximum atomic E-state index is 15.1. The molecule has 1 aromatic heterocycles. The summed E-state index contributed by atoms with van der Waals surface area (Å²) < 4.78 is 21.2. The number of carbonyl (C=O) groups excluding carboxylic acids is 1. The first kappa shape index (κ1) is 22.7. The highest BCUT2D eigenvalue weighted by molar-refractivity contribution is 6.00. The number of rotatable bonds is 8. The summed E-state index contributed by atoms with van der Waals surface area (Å²) in [5.74, 6) is -0.0548. The van der Waals surface area contributed by atoms with Crippen molar-refractivity contribution in [3.63, 3.8) is 0 Å². The summed E-state index contributed by atoms with van der Waals surface area (Å²) in [6.07, 6.45) is 3.83. The Labute approximate surface area is 194 Å². The minimum atomic E-state index is -0.385. The minimum absolute atomic E-state index is 0.140. The van der Waals surface area contributed by atoms with E-state index in [1.807, 2.05) is 55.4 Å². The van der Waals surface area contributed by atoms with Crippen molar-refractivity contribution in [2.45, 2.75) is 19.1 Å². The molecule has 0 bridgehead atoms. The van der Waals surface area contributed by atoms with E-state index in [9.17, 15) is 4.79 Å². The van der Waals surface area contributed by atoms with Crippen LogP contribution in [0.5, 0.6) is 5.75 Å². The number of aromatic nitrogens is 1. The van der Waals surface area contributed by atoms with Gasteiger partial charge in [0.2, 0.25) is 0 Å². The molecule has 1 N–H and O–H groups in total. The number of nitrogens with one attached hydrogen (secondary N) is 1. The summed E-state index contributed by atoms with van der Waals surface area (Å²) in [7, 11) is 3.84. The molecule has 0 aliphatic carbocycles. The second kappa shape index (κ2) is 10.4. The van der Waals surface area contributed by atoms with Gasteiger partial charge in [-0.15, -0.1) is 0 Å². The smallest absolute Gasteiger partial charge is 0.257 e. The molecule has 7 heteroatoms. The van der Waals surface area contributed by atoms with Gasteiger partial charge >= 0.3 is 0 Å². The molecule has 0 fully saturated rings. The maximum absolute atomic E-state index is 15.1. The molecule has 1 unspecified atom stereocenters. The molecule has 1 aliphatic heterocycles. The molecule has 2 aromatic carbocycles. The summed E-state index contributed by atoms with van der Waals surface area (Å²) >= 11 is 0. The predicted octanol–water partition coefficient (Wildman–Crippen LogP) is 4.04. The molecular formula is C26H29FN4O2. The Morgan fingerprint density at radius 1 is 1.15 bits per heavy atom. The summed E-state index contributed by atoms with van der Waals surface area (Å²) in [5.41, 5.74) is 2.88. The summed E-state index contributed by atoms with van der Waals surface area (Å²) in [6, 6.07) is 16.7. The number of carbonyl (C=O) groups is 1. The van der Waals surface area contributed by atoms with Gasteiger partial charge in [-0.25, -0.2) is 4.39 Å².